The van der Waals surface area contributed by atoms with E-state index in [2.05, 4.69) is 15.5 Å². The quantitative estimate of drug-likeness (QED) is 0.912. The van der Waals surface area contributed by atoms with E-state index in [4.69, 9.17) is 4.42 Å². The predicted molar refractivity (Wildman–Crippen MR) is 79.4 cm³/mol. The van der Waals surface area contributed by atoms with Crippen molar-refractivity contribution in [3.8, 4) is 0 Å². The third-order valence-corrected chi connectivity index (χ3v) is 4.68. The summed E-state index contributed by atoms with van der Waals surface area (Å²) in [5.41, 5.74) is 0. The summed E-state index contributed by atoms with van der Waals surface area (Å²) >= 11 is 1.56. The fourth-order valence-electron chi connectivity index (χ4n) is 2.53. The van der Waals surface area contributed by atoms with Gasteiger partial charge in [-0.1, -0.05) is 6.07 Å². The first-order valence-corrected chi connectivity index (χ1v) is 8.27. The highest BCUT2D eigenvalue weighted by molar-refractivity contribution is 7.09. The number of halogens is 3. The highest BCUT2D eigenvalue weighted by Gasteiger charge is 2.39. The maximum atomic E-state index is 12.5. The Morgan fingerprint density at radius 3 is 2.71 bits per heavy atom. The largest absolute Gasteiger partial charge is 0.470 e. The van der Waals surface area contributed by atoms with Crippen LogP contribution >= 0.6 is 11.3 Å². The van der Waals surface area contributed by atoms with Crippen LogP contribution in [0.1, 0.15) is 35.4 Å². The molecule has 0 saturated carbocycles. The van der Waals surface area contributed by atoms with Crippen LogP contribution in [0, 0.1) is 0 Å². The highest BCUT2D eigenvalue weighted by Crippen LogP contribution is 2.32. The van der Waals surface area contributed by atoms with Crippen LogP contribution in [0.3, 0.4) is 0 Å². The van der Waals surface area contributed by atoms with Crippen molar-refractivity contribution in [1.29, 1.82) is 0 Å². The number of hydrogen-bond donors (Lipinski definition) is 1. The molecule has 1 saturated heterocycles. The van der Waals surface area contributed by atoms with Crippen LogP contribution in [0.2, 0.25) is 0 Å². The van der Waals surface area contributed by atoms with Gasteiger partial charge in [-0.05, 0) is 24.3 Å². The molecule has 0 spiro atoms. The van der Waals surface area contributed by atoms with Crippen LogP contribution in [0.15, 0.2) is 21.9 Å². The van der Waals surface area contributed by atoms with Crippen LogP contribution < -0.4 is 5.32 Å². The number of likely N-dealkylation sites (tertiary alicyclic amines) is 1. The normalized spacial score (nSPS) is 16.4. The maximum absolute atomic E-state index is 12.5. The lowest BCUT2D eigenvalue weighted by molar-refractivity contribution is -0.157. The van der Waals surface area contributed by atoms with Gasteiger partial charge in [-0.15, -0.1) is 21.5 Å². The molecule has 0 aliphatic carbocycles. The third-order valence-electron chi connectivity index (χ3n) is 3.81. The molecule has 10 heteroatoms. The number of alkyl halides is 3. The van der Waals surface area contributed by atoms with Crippen molar-refractivity contribution in [3.05, 3.63) is 34.2 Å². The molecule has 3 heterocycles. The number of hydrogen-bond acceptors (Lipinski definition) is 5. The van der Waals surface area contributed by atoms with Crippen molar-refractivity contribution < 1.29 is 22.4 Å². The molecule has 24 heavy (non-hydrogen) atoms. The standard InChI is InChI=1S/C14H15F3N4O2S/c15-14(16,17)12-20-19-11(23-12)9-3-5-21(6-4-9)13(22)18-8-10-2-1-7-24-10/h1-2,7,9H,3-6,8H2,(H,18,22). The van der Waals surface area contributed by atoms with Gasteiger partial charge in [-0.25, -0.2) is 4.79 Å². The molecule has 1 fully saturated rings. The van der Waals surface area contributed by atoms with Gasteiger partial charge in [-0.2, -0.15) is 13.2 Å². The zero-order chi connectivity index (χ0) is 17.2. The van der Waals surface area contributed by atoms with Gasteiger partial charge in [0.05, 0.1) is 6.54 Å². The Labute approximate surface area is 139 Å². The zero-order valence-corrected chi connectivity index (χ0v) is 13.4. The first-order chi connectivity index (χ1) is 11.4. The lowest BCUT2D eigenvalue weighted by atomic mass is 9.97. The number of nitrogens with one attached hydrogen (secondary N) is 1. The molecule has 0 radical (unpaired) electrons. The first-order valence-electron chi connectivity index (χ1n) is 7.39. The summed E-state index contributed by atoms with van der Waals surface area (Å²) in [4.78, 5) is 14.8. The molecule has 2 aromatic rings. The van der Waals surface area contributed by atoms with E-state index in [-0.39, 0.29) is 17.8 Å². The van der Waals surface area contributed by atoms with Crippen LogP contribution in [0.25, 0.3) is 0 Å². The number of carbonyl (C=O) groups is 1. The molecule has 3 rings (SSSR count). The Morgan fingerprint density at radius 2 is 2.12 bits per heavy atom. The van der Waals surface area contributed by atoms with E-state index < -0.39 is 12.1 Å². The van der Waals surface area contributed by atoms with Gasteiger partial charge >= 0.3 is 18.1 Å². The van der Waals surface area contributed by atoms with Gasteiger partial charge in [0.25, 0.3) is 0 Å². The Balaban J connectivity index is 1.50. The van der Waals surface area contributed by atoms with Crippen molar-refractivity contribution in [2.75, 3.05) is 13.1 Å². The third kappa shape index (κ3) is 3.86. The minimum absolute atomic E-state index is 0.0130. The summed E-state index contributed by atoms with van der Waals surface area (Å²) in [6, 6.07) is 3.67. The molecular formula is C14H15F3N4O2S. The van der Waals surface area contributed by atoms with E-state index in [1.165, 1.54) is 0 Å². The number of aromatic nitrogens is 2. The summed E-state index contributed by atoms with van der Waals surface area (Å²) in [6.07, 6.45) is -3.65. The minimum Gasteiger partial charge on any atom is -0.417 e. The van der Waals surface area contributed by atoms with Crippen LogP contribution in [0.5, 0.6) is 0 Å². The number of amides is 2. The fourth-order valence-corrected chi connectivity index (χ4v) is 3.18. The molecule has 2 aromatic heterocycles. The first kappa shape index (κ1) is 16.7. The summed E-state index contributed by atoms with van der Waals surface area (Å²) in [6.45, 7) is 1.34. The summed E-state index contributed by atoms with van der Waals surface area (Å²) < 4.78 is 42.2. The Morgan fingerprint density at radius 1 is 1.38 bits per heavy atom. The van der Waals surface area contributed by atoms with E-state index >= 15 is 0 Å². The molecule has 2 amide bonds. The molecule has 1 aliphatic heterocycles. The maximum Gasteiger partial charge on any atom is 0.470 e. The van der Waals surface area contributed by atoms with Gasteiger partial charge in [0.2, 0.25) is 5.89 Å². The molecular weight excluding hydrogens is 345 g/mol. The number of rotatable bonds is 3. The minimum atomic E-state index is -4.63. The van der Waals surface area contributed by atoms with Crippen molar-refractivity contribution in [3.63, 3.8) is 0 Å². The van der Waals surface area contributed by atoms with Crippen molar-refractivity contribution in [2.45, 2.75) is 31.5 Å². The molecule has 1 N–H and O–H groups in total. The van der Waals surface area contributed by atoms with E-state index in [0.29, 0.717) is 32.5 Å². The van der Waals surface area contributed by atoms with E-state index in [1.54, 1.807) is 16.2 Å². The summed E-state index contributed by atoms with van der Waals surface area (Å²) in [5, 5.41) is 11.3. The Hall–Kier alpha value is -2.10. The average Bonchev–Trinajstić information content (AvgIpc) is 3.23. The van der Waals surface area contributed by atoms with E-state index in [9.17, 15) is 18.0 Å². The highest BCUT2D eigenvalue weighted by atomic mass is 32.1. The zero-order valence-electron chi connectivity index (χ0n) is 12.5. The van der Waals surface area contributed by atoms with Gasteiger partial charge < -0.3 is 14.6 Å². The van der Waals surface area contributed by atoms with Crippen LogP contribution in [0.4, 0.5) is 18.0 Å². The Kier molecular flexibility index (Phi) is 4.74. The van der Waals surface area contributed by atoms with E-state index in [1.807, 2.05) is 17.5 Å². The molecule has 0 atom stereocenters. The van der Waals surface area contributed by atoms with E-state index in [0.717, 1.165) is 4.88 Å². The molecule has 0 unspecified atom stereocenters. The summed E-state index contributed by atoms with van der Waals surface area (Å²) in [5.74, 6) is -1.59. The smallest absolute Gasteiger partial charge is 0.417 e. The lowest BCUT2D eigenvalue weighted by Crippen LogP contribution is -2.43. The summed E-state index contributed by atoms with van der Waals surface area (Å²) in [7, 11) is 0. The number of thiophene rings is 1. The SMILES string of the molecule is O=C(NCc1cccs1)N1CCC(c2nnc(C(F)(F)F)o2)CC1. The van der Waals surface area contributed by atoms with Crippen molar-refractivity contribution in [1.82, 2.24) is 20.4 Å². The second kappa shape index (κ2) is 6.80. The van der Waals surface area contributed by atoms with Gasteiger partial charge in [0.15, 0.2) is 0 Å². The number of piperidine rings is 1. The molecule has 6 nitrogen and oxygen atoms in total. The topological polar surface area (TPSA) is 71.3 Å². The predicted octanol–water partition coefficient (Wildman–Crippen LogP) is 3.24. The van der Waals surface area contributed by atoms with Gasteiger partial charge in [0, 0.05) is 23.9 Å². The van der Waals surface area contributed by atoms with Crippen molar-refractivity contribution >= 4 is 17.4 Å². The molecule has 130 valence electrons. The molecule has 0 bridgehead atoms. The Bertz CT molecular complexity index is 679. The van der Waals surface area contributed by atoms with Crippen molar-refractivity contribution in [2.24, 2.45) is 0 Å². The fraction of sp³-hybridized carbons (Fsp3) is 0.500. The van der Waals surface area contributed by atoms with Gasteiger partial charge in [0.1, 0.15) is 0 Å². The van der Waals surface area contributed by atoms with Crippen LogP contribution in [-0.4, -0.2) is 34.2 Å². The number of carbonyl (C=O) groups excluding carboxylic acids is 1. The average molecular weight is 360 g/mol. The lowest BCUT2D eigenvalue weighted by Gasteiger charge is -2.30. The molecule has 1 aliphatic rings. The monoisotopic (exact) mass is 360 g/mol. The number of nitrogens with zero attached hydrogens (tertiary/aromatic N) is 3. The molecule has 0 aromatic carbocycles. The van der Waals surface area contributed by atoms with Gasteiger partial charge in [-0.3, -0.25) is 0 Å². The second-order valence-electron chi connectivity index (χ2n) is 5.44. The van der Waals surface area contributed by atoms with Crippen LogP contribution in [-0.2, 0) is 12.7 Å². The second-order valence-corrected chi connectivity index (χ2v) is 6.47. The number of urea groups is 1.